The van der Waals surface area contributed by atoms with Crippen molar-refractivity contribution in [3.8, 4) is 5.75 Å². The molecule has 0 heterocycles. The fraction of sp³-hybridized carbons (Fsp3) is 0.385. The fourth-order valence-corrected chi connectivity index (χ4v) is 4.92. The van der Waals surface area contributed by atoms with Crippen LogP contribution in [0.4, 0.5) is 0 Å². The van der Waals surface area contributed by atoms with Gasteiger partial charge in [0.1, 0.15) is 11.8 Å². The van der Waals surface area contributed by atoms with Crippen LogP contribution >= 0.6 is 7.82 Å². The largest absolute Gasteiger partial charge is 0.756 e. The Labute approximate surface area is 201 Å². The van der Waals surface area contributed by atoms with Gasteiger partial charge in [0.25, 0.3) is 7.82 Å². The predicted octanol–water partition coefficient (Wildman–Crippen LogP) is 4.31. The van der Waals surface area contributed by atoms with Crippen LogP contribution in [0.1, 0.15) is 24.4 Å². The van der Waals surface area contributed by atoms with E-state index in [2.05, 4.69) is 49.0 Å². The number of ether oxygens (including phenoxy) is 1. The van der Waals surface area contributed by atoms with Gasteiger partial charge >= 0.3 is 0 Å². The molecule has 0 saturated carbocycles. The van der Waals surface area contributed by atoms with E-state index in [4.69, 9.17) is 14.4 Å². The lowest BCUT2D eigenvalue weighted by atomic mass is 10.0. The summed E-state index contributed by atoms with van der Waals surface area (Å²) in [5.41, 5.74) is 1.20. The van der Waals surface area contributed by atoms with Crippen molar-refractivity contribution in [3.63, 3.8) is 0 Å². The maximum Gasteiger partial charge on any atom is 0.267 e. The van der Waals surface area contributed by atoms with Crippen molar-refractivity contribution < 1.29 is 32.8 Å². The van der Waals surface area contributed by atoms with E-state index in [0.29, 0.717) is 24.1 Å². The lowest BCUT2D eigenvalue weighted by Gasteiger charge is -2.39. The molecule has 0 aliphatic rings. The van der Waals surface area contributed by atoms with Crippen LogP contribution in [0.15, 0.2) is 72.8 Å². The number of benzene rings is 3. The van der Waals surface area contributed by atoms with Crippen LogP contribution in [0.25, 0.3) is 10.8 Å². The summed E-state index contributed by atoms with van der Waals surface area (Å²) in [6.07, 6.45) is 1.33. The van der Waals surface area contributed by atoms with Gasteiger partial charge in [-0.15, -0.1) is 0 Å². The summed E-state index contributed by atoms with van der Waals surface area (Å²) in [7, 11) is -0.115. The number of fused-ring (bicyclic) bond motifs is 1. The first-order valence-electron chi connectivity index (χ1n) is 11.5. The number of hydrogen-bond donors (Lipinski definition) is 1. The second-order valence-corrected chi connectivity index (χ2v) is 10.1. The van der Waals surface area contributed by atoms with Crippen molar-refractivity contribution in [1.29, 1.82) is 0 Å². The van der Waals surface area contributed by atoms with Crippen molar-refractivity contribution >= 4 is 18.6 Å². The first-order chi connectivity index (χ1) is 16.3. The van der Waals surface area contributed by atoms with Crippen LogP contribution in [-0.4, -0.2) is 56.7 Å². The van der Waals surface area contributed by atoms with Crippen LogP contribution in [-0.2, 0) is 13.6 Å². The first kappa shape index (κ1) is 26.4. The van der Waals surface area contributed by atoms with E-state index in [1.54, 1.807) is 0 Å². The molecule has 3 aromatic carbocycles. The van der Waals surface area contributed by atoms with Crippen LogP contribution in [0.5, 0.6) is 5.75 Å². The molecule has 0 fully saturated rings. The van der Waals surface area contributed by atoms with Gasteiger partial charge in [-0.2, -0.15) is 0 Å². The molecule has 0 spiro atoms. The van der Waals surface area contributed by atoms with E-state index in [0.717, 1.165) is 22.9 Å². The number of nitrogens with zero attached hydrogens (tertiary/aromatic N) is 1. The van der Waals surface area contributed by atoms with E-state index in [1.165, 1.54) is 5.56 Å². The molecule has 1 N–H and O–H groups in total. The number of aliphatic hydroxyl groups is 1. The summed E-state index contributed by atoms with van der Waals surface area (Å²) >= 11 is 0. The smallest absolute Gasteiger partial charge is 0.267 e. The molecule has 184 valence electrons. The minimum Gasteiger partial charge on any atom is -0.756 e. The van der Waals surface area contributed by atoms with Crippen molar-refractivity contribution in [3.05, 3.63) is 78.4 Å². The Hall–Kier alpha value is -2.25. The predicted molar refractivity (Wildman–Crippen MR) is 131 cm³/mol. The lowest BCUT2D eigenvalue weighted by Crippen LogP contribution is -2.45. The Balaban J connectivity index is 1.63. The van der Waals surface area contributed by atoms with E-state index >= 15 is 0 Å². The standard InChI is InChI=1S/C26H34NO6P/c1-27(2,17-9-19-32-34(29,30)33-21-18-28)25(23-11-4-3-5-12-23)16-20-31-26-15-8-13-22-10-6-7-14-24(22)26/h3-8,10-15,25,28H,9,16-21H2,1-2H3/t25-/m0/s1. The monoisotopic (exact) mass is 487 g/mol. The molecule has 2 atom stereocenters. The molecule has 0 bridgehead atoms. The van der Waals surface area contributed by atoms with Gasteiger partial charge in [0.15, 0.2) is 0 Å². The molecule has 7 nitrogen and oxygen atoms in total. The van der Waals surface area contributed by atoms with Gasteiger partial charge in [0, 0.05) is 23.8 Å². The molecule has 0 aliphatic heterocycles. The molecule has 0 radical (unpaired) electrons. The summed E-state index contributed by atoms with van der Waals surface area (Å²) in [5, 5.41) is 11.0. The number of hydrogen-bond acceptors (Lipinski definition) is 6. The highest BCUT2D eigenvalue weighted by atomic mass is 31.2. The van der Waals surface area contributed by atoms with Gasteiger partial charge in [-0.1, -0.05) is 66.7 Å². The minimum absolute atomic E-state index is 0.0297. The zero-order chi connectivity index (χ0) is 24.4. The molecule has 1 unspecified atom stereocenters. The van der Waals surface area contributed by atoms with Gasteiger partial charge < -0.3 is 28.3 Å². The quantitative estimate of drug-likeness (QED) is 0.207. The normalized spacial score (nSPS) is 14.6. The maximum absolute atomic E-state index is 11.7. The maximum atomic E-state index is 11.7. The van der Waals surface area contributed by atoms with Crippen LogP contribution < -0.4 is 9.63 Å². The summed E-state index contributed by atoms with van der Waals surface area (Å²) in [4.78, 5) is 11.7. The third kappa shape index (κ3) is 7.64. The van der Waals surface area contributed by atoms with Gasteiger partial charge in [-0.3, -0.25) is 4.57 Å². The number of phosphoric acid groups is 1. The van der Waals surface area contributed by atoms with Crippen LogP contribution in [0.3, 0.4) is 0 Å². The Morgan fingerprint density at radius 2 is 1.59 bits per heavy atom. The highest BCUT2D eigenvalue weighted by Crippen LogP contribution is 2.38. The Morgan fingerprint density at radius 1 is 0.912 bits per heavy atom. The minimum atomic E-state index is -4.38. The molecule has 0 aliphatic carbocycles. The third-order valence-electron chi connectivity index (χ3n) is 5.90. The van der Waals surface area contributed by atoms with Crippen LogP contribution in [0.2, 0.25) is 0 Å². The van der Waals surface area contributed by atoms with E-state index in [1.807, 2.05) is 42.5 Å². The van der Waals surface area contributed by atoms with Gasteiger partial charge in [-0.25, -0.2) is 0 Å². The third-order valence-corrected chi connectivity index (χ3v) is 6.89. The molecule has 3 rings (SSSR count). The Morgan fingerprint density at radius 3 is 2.35 bits per heavy atom. The highest BCUT2D eigenvalue weighted by Gasteiger charge is 2.29. The number of quaternary nitrogens is 1. The molecular formula is C26H34NO6P. The van der Waals surface area contributed by atoms with E-state index < -0.39 is 7.82 Å². The zero-order valence-corrected chi connectivity index (χ0v) is 20.7. The lowest BCUT2D eigenvalue weighted by molar-refractivity contribution is -0.921. The molecule has 8 heteroatoms. The van der Waals surface area contributed by atoms with Crippen molar-refractivity contribution in [2.24, 2.45) is 0 Å². The van der Waals surface area contributed by atoms with E-state index in [9.17, 15) is 9.46 Å². The number of phosphoric ester groups is 1. The van der Waals surface area contributed by atoms with Gasteiger partial charge in [0.2, 0.25) is 0 Å². The summed E-state index contributed by atoms with van der Waals surface area (Å²) in [6, 6.07) is 24.7. The second kappa shape index (κ2) is 12.5. The average molecular weight is 488 g/mol. The van der Waals surface area contributed by atoms with Gasteiger partial charge in [0.05, 0.1) is 47.1 Å². The SMILES string of the molecule is C[N+](C)(CCCOP(=O)([O-])OCCO)[C@@H](CCOc1cccc2ccccc12)c1ccccc1. The molecule has 34 heavy (non-hydrogen) atoms. The zero-order valence-electron chi connectivity index (χ0n) is 19.8. The van der Waals surface area contributed by atoms with Gasteiger partial charge in [-0.05, 0) is 11.5 Å². The topological polar surface area (TPSA) is 88.1 Å². The number of aliphatic hydroxyl groups excluding tert-OH is 1. The Kier molecular flexibility index (Phi) is 9.65. The highest BCUT2D eigenvalue weighted by molar-refractivity contribution is 7.45. The second-order valence-electron chi connectivity index (χ2n) is 8.73. The molecule has 3 aromatic rings. The summed E-state index contributed by atoms with van der Waals surface area (Å²) in [6.45, 7) is 0.612. The Bertz CT molecular complexity index is 1070. The number of rotatable bonds is 14. The van der Waals surface area contributed by atoms with Crippen LogP contribution in [0, 0.1) is 0 Å². The van der Waals surface area contributed by atoms with E-state index in [-0.39, 0.29) is 25.9 Å². The molecule has 0 amide bonds. The van der Waals surface area contributed by atoms with Crippen molar-refractivity contribution in [1.82, 2.24) is 0 Å². The summed E-state index contributed by atoms with van der Waals surface area (Å²) in [5.74, 6) is 0.873. The molecule has 0 aromatic heterocycles. The average Bonchev–Trinajstić information content (AvgIpc) is 2.84. The molecule has 0 saturated heterocycles. The fourth-order valence-electron chi connectivity index (χ4n) is 4.19. The summed E-state index contributed by atoms with van der Waals surface area (Å²) < 4.78 is 28.0. The van der Waals surface area contributed by atoms with Crippen molar-refractivity contribution in [2.45, 2.75) is 18.9 Å². The molecular weight excluding hydrogens is 453 g/mol. The first-order valence-corrected chi connectivity index (χ1v) is 13.0. The van der Waals surface area contributed by atoms with Crippen molar-refractivity contribution in [2.75, 3.05) is 47.1 Å².